The van der Waals surface area contributed by atoms with Crippen molar-refractivity contribution in [3.05, 3.63) is 18.0 Å². The van der Waals surface area contributed by atoms with Crippen LogP contribution in [0.2, 0.25) is 0 Å². The lowest BCUT2D eigenvalue weighted by Crippen LogP contribution is -2.10. The van der Waals surface area contributed by atoms with Gasteiger partial charge in [-0.2, -0.15) is 5.10 Å². The van der Waals surface area contributed by atoms with Gasteiger partial charge in [0.25, 0.3) is 0 Å². The molecule has 0 aromatic carbocycles. The highest BCUT2D eigenvalue weighted by atomic mass is 15.3. The largest absolute Gasteiger partial charge is 0.319 e. The Morgan fingerprint density at radius 1 is 1.54 bits per heavy atom. The van der Waals surface area contributed by atoms with Gasteiger partial charge in [-0.25, -0.2) is 0 Å². The van der Waals surface area contributed by atoms with Crippen LogP contribution in [-0.4, -0.2) is 23.4 Å². The number of rotatable bonds is 5. The smallest absolute Gasteiger partial charge is 0.0522 e. The molecule has 1 aromatic heterocycles. The molecule has 0 saturated carbocycles. The fourth-order valence-corrected chi connectivity index (χ4v) is 1.28. The predicted molar refractivity (Wildman–Crippen MR) is 54.7 cm³/mol. The van der Waals surface area contributed by atoms with Crippen molar-refractivity contribution in [3.8, 4) is 0 Å². The number of aromatic nitrogens is 2. The van der Waals surface area contributed by atoms with Crippen molar-refractivity contribution in [2.24, 2.45) is 5.92 Å². The Hall–Kier alpha value is -0.830. The zero-order valence-electron chi connectivity index (χ0n) is 8.75. The van der Waals surface area contributed by atoms with Crippen LogP contribution in [0.4, 0.5) is 0 Å². The Kier molecular flexibility index (Phi) is 3.96. The SMILES string of the molecule is CNCCc1cnn(CC(C)C)c1. The third-order valence-corrected chi connectivity index (χ3v) is 1.90. The summed E-state index contributed by atoms with van der Waals surface area (Å²) in [7, 11) is 1.97. The van der Waals surface area contributed by atoms with Crippen LogP contribution in [-0.2, 0) is 13.0 Å². The van der Waals surface area contributed by atoms with E-state index >= 15 is 0 Å². The molecule has 1 aromatic rings. The highest BCUT2D eigenvalue weighted by Gasteiger charge is 1.99. The maximum atomic E-state index is 4.30. The molecule has 0 saturated heterocycles. The third-order valence-electron chi connectivity index (χ3n) is 1.90. The monoisotopic (exact) mass is 181 g/mol. The maximum Gasteiger partial charge on any atom is 0.0522 e. The fourth-order valence-electron chi connectivity index (χ4n) is 1.28. The van der Waals surface area contributed by atoms with E-state index in [2.05, 4.69) is 30.5 Å². The normalized spacial score (nSPS) is 11.1. The molecule has 1 N–H and O–H groups in total. The summed E-state index contributed by atoms with van der Waals surface area (Å²) >= 11 is 0. The highest BCUT2D eigenvalue weighted by Crippen LogP contribution is 2.02. The maximum absolute atomic E-state index is 4.30. The van der Waals surface area contributed by atoms with Crippen LogP contribution in [0.15, 0.2) is 12.4 Å². The quantitative estimate of drug-likeness (QED) is 0.742. The first-order valence-corrected chi connectivity index (χ1v) is 4.88. The molecule has 13 heavy (non-hydrogen) atoms. The van der Waals surface area contributed by atoms with Crippen LogP contribution < -0.4 is 5.32 Å². The minimum absolute atomic E-state index is 0.664. The summed E-state index contributed by atoms with van der Waals surface area (Å²) in [5, 5.41) is 7.43. The Bertz CT molecular complexity index is 240. The van der Waals surface area contributed by atoms with Gasteiger partial charge in [0.2, 0.25) is 0 Å². The van der Waals surface area contributed by atoms with Gasteiger partial charge < -0.3 is 5.32 Å². The van der Waals surface area contributed by atoms with Crippen LogP contribution in [0.25, 0.3) is 0 Å². The predicted octanol–water partition coefficient (Wildman–Crippen LogP) is 1.30. The molecule has 0 spiro atoms. The van der Waals surface area contributed by atoms with Crippen molar-refractivity contribution >= 4 is 0 Å². The van der Waals surface area contributed by atoms with Gasteiger partial charge >= 0.3 is 0 Å². The van der Waals surface area contributed by atoms with E-state index in [1.165, 1.54) is 5.56 Å². The summed E-state index contributed by atoms with van der Waals surface area (Å²) in [6, 6.07) is 0. The molecule has 0 amide bonds. The standard InChI is InChI=1S/C10H19N3/c1-9(2)7-13-8-10(6-12-13)4-5-11-3/h6,8-9,11H,4-5,7H2,1-3H3. The second-order valence-electron chi connectivity index (χ2n) is 3.82. The van der Waals surface area contributed by atoms with E-state index in [0.717, 1.165) is 19.5 Å². The zero-order chi connectivity index (χ0) is 9.68. The number of nitrogens with one attached hydrogen (secondary N) is 1. The van der Waals surface area contributed by atoms with Crippen LogP contribution in [0, 0.1) is 5.92 Å². The lowest BCUT2D eigenvalue weighted by Gasteiger charge is -2.03. The van der Waals surface area contributed by atoms with E-state index < -0.39 is 0 Å². The number of likely N-dealkylation sites (N-methyl/N-ethyl adjacent to an activating group) is 1. The average Bonchev–Trinajstić information content (AvgIpc) is 2.48. The minimum atomic E-state index is 0.664. The number of hydrogen-bond acceptors (Lipinski definition) is 2. The molecule has 0 atom stereocenters. The van der Waals surface area contributed by atoms with Gasteiger partial charge in [0.15, 0.2) is 0 Å². The summed E-state index contributed by atoms with van der Waals surface area (Å²) in [5.74, 6) is 0.664. The number of nitrogens with zero attached hydrogens (tertiary/aromatic N) is 2. The molecule has 0 fully saturated rings. The molecular formula is C10H19N3. The lowest BCUT2D eigenvalue weighted by atomic mass is 10.2. The molecule has 3 heteroatoms. The van der Waals surface area contributed by atoms with E-state index in [4.69, 9.17) is 0 Å². The summed E-state index contributed by atoms with van der Waals surface area (Å²) in [6.45, 7) is 6.44. The number of hydrogen-bond donors (Lipinski definition) is 1. The first-order valence-electron chi connectivity index (χ1n) is 4.88. The van der Waals surface area contributed by atoms with Crippen molar-refractivity contribution in [3.63, 3.8) is 0 Å². The van der Waals surface area contributed by atoms with Crippen molar-refractivity contribution < 1.29 is 0 Å². The van der Waals surface area contributed by atoms with Gasteiger partial charge in [0.1, 0.15) is 0 Å². The van der Waals surface area contributed by atoms with Gasteiger partial charge in [-0.3, -0.25) is 4.68 Å². The molecule has 0 radical (unpaired) electrons. The molecule has 1 rings (SSSR count). The van der Waals surface area contributed by atoms with Gasteiger partial charge in [-0.1, -0.05) is 13.8 Å². The molecular weight excluding hydrogens is 162 g/mol. The Morgan fingerprint density at radius 2 is 2.31 bits per heavy atom. The second kappa shape index (κ2) is 5.02. The summed E-state index contributed by atoms with van der Waals surface area (Å²) in [5.41, 5.74) is 1.31. The summed E-state index contributed by atoms with van der Waals surface area (Å²) in [6.07, 6.45) is 5.16. The van der Waals surface area contributed by atoms with Crippen LogP contribution in [0.3, 0.4) is 0 Å². The first kappa shape index (κ1) is 10.3. The van der Waals surface area contributed by atoms with E-state index in [9.17, 15) is 0 Å². The second-order valence-corrected chi connectivity index (χ2v) is 3.82. The van der Waals surface area contributed by atoms with Gasteiger partial charge in [-0.15, -0.1) is 0 Å². The third kappa shape index (κ3) is 3.59. The summed E-state index contributed by atoms with van der Waals surface area (Å²) < 4.78 is 2.02. The van der Waals surface area contributed by atoms with E-state index in [1.54, 1.807) is 0 Å². The van der Waals surface area contributed by atoms with Crippen LogP contribution >= 0.6 is 0 Å². The topological polar surface area (TPSA) is 29.9 Å². The average molecular weight is 181 g/mol. The molecule has 0 bridgehead atoms. The van der Waals surface area contributed by atoms with E-state index in [1.807, 2.05) is 17.9 Å². The minimum Gasteiger partial charge on any atom is -0.319 e. The molecule has 0 aliphatic rings. The van der Waals surface area contributed by atoms with Crippen molar-refractivity contribution in [2.75, 3.05) is 13.6 Å². The molecule has 0 aliphatic heterocycles. The van der Waals surface area contributed by atoms with Gasteiger partial charge in [-0.05, 0) is 31.5 Å². The molecule has 1 heterocycles. The molecule has 74 valence electrons. The Morgan fingerprint density at radius 3 is 2.92 bits per heavy atom. The van der Waals surface area contributed by atoms with E-state index in [-0.39, 0.29) is 0 Å². The highest BCUT2D eigenvalue weighted by molar-refractivity contribution is 5.04. The van der Waals surface area contributed by atoms with E-state index in [0.29, 0.717) is 5.92 Å². The van der Waals surface area contributed by atoms with Crippen LogP contribution in [0.5, 0.6) is 0 Å². The van der Waals surface area contributed by atoms with Crippen molar-refractivity contribution in [1.82, 2.24) is 15.1 Å². The summed E-state index contributed by atoms with van der Waals surface area (Å²) in [4.78, 5) is 0. The van der Waals surface area contributed by atoms with Gasteiger partial charge in [0, 0.05) is 12.7 Å². The lowest BCUT2D eigenvalue weighted by molar-refractivity contribution is 0.483. The fraction of sp³-hybridized carbons (Fsp3) is 0.700. The zero-order valence-corrected chi connectivity index (χ0v) is 8.75. The van der Waals surface area contributed by atoms with Crippen molar-refractivity contribution in [1.29, 1.82) is 0 Å². The Balaban J connectivity index is 2.44. The van der Waals surface area contributed by atoms with Crippen LogP contribution in [0.1, 0.15) is 19.4 Å². The van der Waals surface area contributed by atoms with Crippen molar-refractivity contribution in [2.45, 2.75) is 26.8 Å². The van der Waals surface area contributed by atoms with Gasteiger partial charge in [0.05, 0.1) is 6.20 Å². The molecule has 0 unspecified atom stereocenters. The Labute approximate surface area is 80.1 Å². The molecule has 0 aliphatic carbocycles. The first-order chi connectivity index (χ1) is 6.22. The molecule has 3 nitrogen and oxygen atoms in total.